The van der Waals surface area contributed by atoms with Gasteiger partial charge in [-0.2, -0.15) is 0 Å². The maximum atomic E-state index is 4.87. The van der Waals surface area contributed by atoms with Crippen molar-refractivity contribution in [3.63, 3.8) is 0 Å². The molecule has 0 saturated heterocycles. The van der Waals surface area contributed by atoms with Gasteiger partial charge in [-0.25, -0.2) is 0 Å². The Bertz CT molecular complexity index is 2190. The topological polar surface area (TPSA) is 38.7 Å². The summed E-state index contributed by atoms with van der Waals surface area (Å²) in [6, 6.07) is 46.3. The molecule has 253 valence electrons. The number of hydrogen-bond donors (Lipinski definition) is 0. The number of fused-ring (bicyclic) bond motifs is 1. The third-order valence-electron chi connectivity index (χ3n) is 8.71. The van der Waals surface area contributed by atoms with Crippen molar-refractivity contribution in [2.45, 2.75) is 59.3 Å². The molecule has 3 heterocycles. The van der Waals surface area contributed by atoms with Crippen molar-refractivity contribution in [1.82, 2.24) is 15.0 Å². The van der Waals surface area contributed by atoms with Crippen LogP contribution in [0.4, 0.5) is 0 Å². The van der Waals surface area contributed by atoms with Crippen LogP contribution in [0.5, 0.6) is 0 Å². The molecule has 3 aromatic heterocycles. The molecule has 0 amide bonds. The van der Waals surface area contributed by atoms with Crippen LogP contribution >= 0.6 is 0 Å². The Kier molecular flexibility index (Phi) is 11.3. The number of hydrogen-bond acceptors (Lipinski definition) is 3. The summed E-state index contributed by atoms with van der Waals surface area (Å²) in [6.07, 6.45) is 5.53. The van der Waals surface area contributed by atoms with E-state index in [1.54, 1.807) is 0 Å². The van der Waals surface area contributed by atoms with E-state index in [1.165, 1.54) is 27.8 Å². The molecule has 7 aromatic rings. The van der Waals surface area contributed by atoms with Crippen molar-refractivity contribution in [3.8, 4) is 44.8 Å². The number of nitrogens with zero attached hydrogens (tertiary/aromatic N) is 3. The minimum Gasteiger partial charge on any atom is -0.305 e. The van der Waals surface area contributed by atoms with Gasteiger partial charge >= 0.3 is 0 Å². The first-order valence-electron chi connectivity index (χ1n) is 16.9. The van der Waals surface area contributed by atoms with Gasteiger partial charge in [0.2, 0.25) is 0 Å². The Labute approximate surface area is 311 Å². The van der Waals surface area contributed by atoms with Crippen molar-refractivity contribution in [2.75, 3.05) is 0 Å². The Balaban J connectivity index is 0.000000291. The Morgan fingerprint density at radius 3 is 1.94 bits per heavy atom. The van der Waals surface area contributed by atoms with E-state index in [0.717, 1.165) is 44.5 Å². The summed E-state index contributed by atoms with van der Waals surface area (Å²) < 4.78 is 0. The molecule has 0 aliphatic heterocycles. The van der Waals surface area contributed by atoms with E-state index < -0.39 is 0 Å². The van der Waals surface area contributed by atoms with E-state index in [9.17, 15) is 0 Å². The first-order valence-corrected chi connectivity index (χ1v) is 16.9. The molecule has 0 spiro atoms. The second kappa shape index (κ2) is 15.4. The third kappa shape index (κ3) is 8.33. The molecular weight excluding hydrogens is 787 g/mol. The molecule has 3 nitrogen and oxygen atoms in total. The van der Waals surface area contributed by atoms with Gasteiger partial charge in [-0.1, -0.05) is 107 Å². The van der Waals surface area contributed by atoms with Gasteiger partial charge in [-0.15, -0.1) is 65.7 Å². The maximum absolute atomic E-state index is 4.87. The number of pyridine rings is 3. The zero-order chi connectivity index (χ0) is 34.6. The molecule has 7 rings (SSSR count). The predicted octanol–water partition coefficient (Wildman–Crippen LogP) is 11.9. The van der Waals surface area contributed by atoms with Crippen LogP contribution < -0.4 is 0 Å². The van der Waals surface area contributed by atoms with Crippen LogP contribution in [-0.4, -0.2) is 15.0 Å². The van der Waals surface area contributed by atoms with Gasteiger partial charge in [0.1, 0.15) is 0 Å². The number of aryl methyl sites for hydroxylation is 1. The standard InChI is InChI=1S/C34H33N2.C12H10N.Ir/c1-33(2,3)25-15-16-28(30(22-25)34(4,5)6)27-18-17-26(32-29(27)13-10-20-36-32)23-11-9-12-24(21-23)31-14-7-8-19-35-31;1-10-7-8-13-12(9-10)11-5-3-2-4-6-11;/h7-11,13-22H,1-6H3;2-5,7-9H,1H3;/q2*-1;. The number of benzene rings is 4. The molecule has 4 heteroatoms. The fraction of sp³-hybridized carbons (Fsp3) is 0.196. The fourth-order valence-corrected chi connectivity index (χ4v) is 6.05. The fourth-order valence-electron chi connectivity index (χ4n) is 6.05. The van der Waals surface area contributed by atoms with Gasteiger partial charge in [0.25, 0.3) is 0 Å². The largest absolute Gasteiger partial charge is 0.305 e. The molecule has 0 atom stereocenters. The first-order chi connectivity index (χ1) is 23.5. The van der Waals surface area contributed by atoms with Gasteiger partial charge in [-0.3, -0.25) is 4.98 Å². The zero-order valence-corrected chi connectivity index (χ0v) is 32.3. The molecule has 0 aliphatic rings. The second-order valence-corrected chi connectivity index (χ2v) is 14.5. The summed E-state index contributed by atoms with van der Waals surface area (Å²) in [4.78, 5) is 13.7. The van der Waals surface area contributed by atoms with E-state index in [1.807, 2.05) is 79.3 Å². The Hall–Kier alpha value is -4.76. The average molecular weight is 830 g/mol. The minimum atomic E-state index is 0. The van der Waals surface area contributed by atoms with Crippen molar-refractivity contribution in [3.05, 3.63) is 163 Å². The molecule has 0 N–H and O–H groups in total. The SMILES string of the molecule is CC(C)(C)c1ccc(-c2ccc(-c3cc[c-]c(-c4ccccn4)c3)c3ncccc23)c(C(C)(C)C)c1.Cc1ccnc(-c2[c-]cccc2)c1.[Ir]. The van der Waals surface area contributed by atoms with Crippen molar-refractivity contribution in [2.24, 2.45) is 0 Å². The molecule has 50 heavy (non-hydrogen) atoms. The molecule has 0 aliphatic carbocycles. The molecule has 4 aromatic carbocycles. The van der Waals surface area contributed by atoms with E-state index in [2.05, 4.69) is 125 Å². The quantitative estimate of drug-likeness (QED) is 0.166. The van der Waals surface area contributed by atoms with E-state index >= 15 is 0 Å². The van der Waals surface area contributed by atoms with Gasteiger partial charge in [-0.05, 0) is 75.2 Å². The predicted molar refractivity (Wildman–Crippen MR) is 205 cm³/mol. The zero-order valence-electron chi connectivity index (χ0n) is 29.9. The van der Waals surface area contributed by atoms with E-state index in [-0.39, 0.29) is 30.9 Å². The summed E-state index contributed by atoms with van der Waals surface area (Å²) >= 11 is 0. The van der Waals surface area contributed by atoms with Gasteiger partial charge in [0.15, 0.2) is 0 Å². The van der Waals surface area contributed by atoms with Crippen LogP contribution in [0.1, 0.15) is 58.2 Å². The summed E-state index contributed by atoms with van der Waals surface area (Å²) in [5.41, 5.74) is 13.7. The number of aromatic nitrogens is 3. The van der Waals surface area contributed by atoms with Crippen molar-refractivity contribution in [1.29, 1.82) is 0 Å². The van der Waals surface area contributed by atoms with E-state index in [4.69, 9.17) is 4.98 Å². The minimum absolute atomic E-state index is 0. The van der Waals surface area contributed by atoms with Gasteiger partial charge < -0.3 is 9.97 Å². The summed E-state index contributed by atoms with van der Waals surface area (Å²) in [5.74, 6) is 0. The summed E-state index contributed by atoms with van der Waals surface area (Å²) in [6.45, 7) is 15.8. The van der Waals surface area contributed by atoms with Crippen LogP contribution in [0.25, 0.3) is 55.7 Å². The molecular formula is C46H43IrN3-2. The smallest absolute Gasteiger partial charge is 0.0770 e. The molecule has 0 saturated carbocycles. The monoisotopic (exact) mass is 830 g/mol. The summed E-state index contributed by atoms with van der Waals surface area (Å²) in [5, 5.41) is 1.16. The third-order valence-corrected chi connectivity index (χ3v) is 8.71. The maximum Gasteiger partial charge on any atom is 0.0770 e. The van der Waals surface area contributed by atoms with Crippen LogP contribution in [0.2, 0.25) is 0 Å². The number of rotatable bonds is 4. The van der Waals surface area contributed by atoms with Crippen LogP contribution in [0.3, 0.4) is 0 Å². The second-order valence-electron chi connectivity index (χ2n) is 14.5. The summed E-state index contributed by atoms with van der Waals surface area (Å²) in [7, 11) is 0. The molecule has 0 bridgehead atoms. The van der Waals surface area contributed by atoms with Crippen molar-refractivity contribution >= 4 is 10.9 Å². The van der Waals surface area contributed by atoms with Crippen LogP contribution in [-0.2, 0) is 30.9 Å². The van der Waals surface area contributed by atoms with E-state index in [0.29, 0.717) is 0 Å². The van der Waals surface area contributed by atoms with Gasteiger partial charge in [0, 0.05) is 44.1 Å². The first kappa shape index (κ1) is 36.5. The molecule has 0 fully saturated rings. The molecule has 1 radical (unpaired) electrons. The Morgan fingerprint density at radius 1 is 0.520 bits per heavy atom. The van der Waals surface area contributed by atoms with Crippen LogP contribution in [0, 0.1) is 19.1 Å². The molecule has 0 unspecified atom stereocenters. The van der Waals surface area contributed by atoms with Crippen molar-refractivity contribution < 1.29 is 20.1 Å². The Morgan fingerprint density at radius 2 is 1.24 bits per heavy atom. The normalized spacial score (nSPS) is 11.3. The van der Waals surface area contributed by atoms with Gasteiger partial charge in [0.05, 0.1) is 5.52 Å². The average Bonchev–Trinajstić information content (AvgIpc) is 3.11. The van der Waals surface area contributed by atoms with Crippen LogP contribution in [0.15, 0.2) is 134 Å².